The molecule has 0 aliphatic carbocycles. The Balaban J connectivity index is 1.39. The molecule has 2 aliphatic rings. The lowest BCUT2D eigenvalue weighted by Gasteiger charge is -2.24. The van der Waals surface area contributed by atoms with Gasteiger partial charge < -0.3 is 23.9 Å². The number of H-pyrrole nitrogens is 1. The molecule has 16 heteroatoms. The quantitative estimate of drug-likeness (QED) is 0.287. The van der Waals surface area contributed by atoms with Gasteiger partial charge in [0.1, 0.15) is 24.9 Å². The fraction of sp³-hybridized carbons (Fsp3) is 0.400. The molecule has 2 saturated heterocycles. The van der Waals surface area contributed by atoms with E-state index in [2.05, 4.69) is 15.0 Å². The number of fused-ring (bicyclic) bond motifs is 2. The van der Waals surface area contributed by atoms with E-state index in [1.54, 1.807) is 13.8 Å². The Bertz CT molecular complexity index is 1420. The molecule has 0 radical (unpaired) electrons. The van der Waals surface area contributed by atoms with Crippen molar-refractivity contribution in [2.45, 2.75) is 44.2 Å². The van der Waals surface area contributed by atoms with Crippen molar-refractivity contribution in [3.8, 4) is 0 Å². The number of aromatic amines is 1. The predicted octanol–water partition coefficient (Wildman–Crippen LogP) is 1.21. The van der Waals surface area contributed by atoms with Crippen molar-refractivity contribution in [3.63, 3.8) is 0 Å². The molecule has 0 spiro atoms. The summed E-state index contributed by atoms with van der Waals surface area (Å²) in [5, 5.41) is 22.2. The van der Waals surface area contributed by atoms with Crippen molar-refractivity contribution >= 4 is 28.5 Å². The minimum absolute atomic E-state index is 0.0953. The number of ether oxygens (including phenoxy) is 4. The van der Waals surface area contributed by atoms with Gasteiger partial charge in [0.25, 0.3) is 16.9 Å². The van der Waals surface area contributed by atoms with E-state index in [0.717, 1.165) is 18.2 Å². The minimum atomic E-state index is -1.02. The monoisotopic (exact) mass is 502 g/mol. The van der Waals surface area contributed by atoms with Crippen molar-refractivity contribution < 1.29 is 33.6 Å². The van der Waals surface area contributed by atoms with Crippen LogP contribution in [0.2, 0.25) is 0 Å². The number of nitrogens with zero attached hydrogens (tertiary/aromatic N) is 5. The standard InChI is InChI=1S/C20H18N6O10/c1-20(2)35-14-12(6-33-19(28)9-3-10(25(29)30)5-11(4-9)26(31)32)34-18(15(14)36-20)24-8-23-13-16(24)21-7-22-17(13)27/h3-5,7-8,12,14-15,18H,6H2,1-2H3,(H,21,22,27)/t12-,14-,15+,18-/m0/s1. The van der Waals surface area contributed by atoms with Gasteiger partial charge in [-0.25, -0.2) is 14.8 Å². The summed E-state index contributed by atoms with van der Waals surface area (Å²) in [6.45, 7) is 3.04. The summed E-state index contributed by atoms with van der Waals surface area (Å²) >= 11 is 0. The molecule has 16 nitrogen and oxygen atoms in total. The van der Waals surface area contributed by atoms with Gasteiger partial charge in [-0.3, -0.25) is 29.6 Å². The number of non-ortho nitro benzene ring substituents is 2. The third-order valence-electron chi connectivity index (χ3n) is 5.70. The summed E-state index contributed by atoms with van der Waals surface area (Å²) < 4.78 is 24.8. The zero-order chi connectivity index (χ0) is 25.8. The van der Waals surface area contributed by atoms with E-state index in [4.69, 9.17) is 18.9 Å². The molecule has 2 aromatic heterocycles. The molecule has 2 aliphatic heterocycles. The summed E-state index contributed by atoms with van der Waals surface area (Å²) in [7, 11) is 0. The number of esters is 1. The SMILES string of the molecule is CC1(C)O[C@@H]2[C@@H](O1)[C@@H](n1cnc3c(=O)[nH]cnc31)O[C@H]2COC(=O)c1cc([N+](=O)[O-])cc([N+](=O)[O-])c1. The Labute approximate surface area is 200 Å². The first-order valence-electron chi connectivity index (χ1n) is 10.6. The van der Waals surface area contributed by atoms with Gasteiger partial charge in [0.05, 0.1) is 34.1 Å². The molecular weight excluding hydrogens is 484 g/mol. The molecule has 4 heterocycles. The number of imidazole rings is 1. The van der Waals surface area contributed by atoms with Crippen LogP contribution in [0.1, 0.15) is 30.4 Å². The van der Waals surface area contributed by atoms with Crippen molar-refractivity contribution in [1.82, 2.24) is 19.5 Å². The number of rotatable bonds is 6. The number of nitro groups is 2. The summed E-state index contributed by atoms with van der Waals surface area (Å²) in [5.41, 5.74) is -1.71. The van der Waals surface area contributed by atoms with E-state index in [9.17, 15) is 29.8 Å². The summed E-state index contributed by atoms with van der Waals surface area (Å²) in [6, 6.07) is 2.51. The van der Waals surface area contributed by atoms with Crippen LogP contribution in [0.15, 0.2) is 35.6 Å². The van der Waals surface area contributed by atoms with Crippen molar-refractivity contribution in [2.75, 3.05) is 6.61 Å². The van der Waals surface area contributed by atoms with E-state index in [1.165, 1.54) is 17.2 Å². The lowest BCUT2D eigenvalue weighted by molar-refractivity contribution is -0.394. The van der Waals surface area contributed by atoms with Crippen LogP contribution in [-0.2, 0) is 18.9 Å². The zero-order valence-corrected chi connectivity index (χ0v) is 18.7. The molecule has 0 amide bonds. The van der Waals surface area contributed by atoms with Gasteiger partial charge >= 0.3 is 5.97 Å². The van der Waals surface area contributed by atoms with E-state index >= 15 is 0 Å². The van der Waals surface area contributed by atoms with Crippen LogP contribution in [-0.4, -0.2) is 66.0 Å². The number of carbonyl (C=O) groups is 1. The van der Waals surface area contributed by atoms with E-state index in [-0.39, 0.29) is 23.3 Å². The highest BCUT2D eigenvalue weighted by Gasteiger charge is 2.56. The maximum absolute atomic E-state index is 12.6. The number of hydrogen-bond acceptors (Lipinski definition) is 12. The fourth-order valence-electron chi connectivity index (χ4n) is 4.23. The molecule has 5 rings (SSSR count). The molecule has 0 bridgehead atoms. The third kappa shape index (κ3) is 4.06. The Morgan fingerprint density at radius 1 is 1.14 bits per heavy atom. The van der Waals surface area contributed by atoms with Crippen molar-refractivity contribution in [1.29, 1.82) is 0 Å². The first-order chi connectivity index (χ1) is 17.0. The lowest BCUT2D eigenvalue weighted by atomic mass is 10.1. The second kappa shape index (κ2) is 8.43. The normalized spacial score (nSPS) is 24.5. The lowest BCUT2D eigenvalue weighted by Crippen LogP contribution is -2.33. The maximum Gasteiger partial charge on any atom is 0.338 e. The van der Waals surface area contributed by atoms with Gasteiger partial charge in [-0.15, -0.1) is 0 Å². The molecule has 36 heavy (non-hydrogen) atoms. The Morgan fingerprint density at radius 3 is 2.47 bits per heavy atom. The number of carbonyl (C=O) groups excluding carboxylic acids is 1. The highest BCUT2D eigenvalue weighted by Crippen LogP contribution is 2.43. The van der Waals surface area contributed by atoms with E-state index < -0.39 is 63.1 Å². The molecule has 0 saturated carbocycles. The number of nitro benzene ring substituents is 2. The number of aromatic nitrogens is 4. The number of nitrogens with one attached hydrogen (secondary N) is 1. The Kier molecular flexibility index (Phi) is 5.50. The molecule has 1 N–H and O–H groups in total. The van der Waals surface area contributed by atoms with Crippen LogP contribution in [0.25, 0.3) is 11.2 Å². The van der Waals surface area contributed by atoms with Gasteiger partial charge in [-0.05, 0) is 13.8 Å². The van der Waals surface area contributed by atoms with E-state index in [0.29, 0.717) is 0 Å². The first-order valence-corrected chi connectivity index (χ1v) is 10.6. The minimum Gasteiger partial charge on any atom is -0.459 e. The number of benzene rings is 1. The molecule has 1 aromatic carbocycles. The third-order valence-corrected chi connectivity index (χ3v) is 5.70. The topological polar surface area (TPSA) is 204 Å². The summed E-state index contributed by atoms with van der Waals surface area (Å²) in [5.74, 6) is -2.02. The molecule has 188 valence electrons. The highest BCUT2D eigenvalue weighted by atomic mass is 16.8. The fourth-order valence-corrected chi connectivity index (χ4v) is 4.23. The number of hydrogen-bond donors (Lipinski definition) is 1. The molecular formula is C20H18N6O10. The Hall–Kier alpha value is -4.28. The average Bonchev–Trinajstić information content (AvgIpc) is 3.48. The molecule has 0 unspecified atom stereocenters. The van der Waals surface area contributed by atoms with Gasteiger partial charge in [0.15, 0.2) is 23.2 Å². The highest BCUT2D eigenvalue weighted by molar-refractivity contribution is 5.91. The van der Waals surface area contributed by atoms with Crippen LogP contribution < -0.4 is 5.56 Å². The molecule has 2 fully saturated rings. The second-order valence-corrected chi connectivity index (χ2v) is 8.54. The molecule has 3 aromatic rings. The van der Waals surface area contributed by atoms with Crippen LogP contribution in [0.5, 0.6) is 0 Å². The second-order valence-electron chi connectivity index (χ2n) is 8.54. The predicted molar refractivity (Wildman–Crippen MR) is 116 cm³/mol. The maximum atomic E-state index is 12.6. The van der Waals surface area contributed by atoms with E-state index in [1.807, 2.05) is 0 Å². The van der Waals surface area contributed by atoms with Crippen LogP contribution >= 0.6 is 0 Å². The van der Waals surface area contributed by atoms with Gasteiger partial charge in [0, 0.05) is 12.1 Å². The average molecular weight is 502 g/mol. The smallest absolute Gasteiger partial charge is 0.338 e. The first kappa shape index (κ1) is 23.5. The largest absolute Gasteiger partial charge is 0.459 e. The van der Waals surface area contributed by atoms with Crippen LogP contribution in [0.4, 0.5) is 11.4 Å². The van der Waals surface area contributed by atoms with Gasteiger partial charge in [-0.1, -0.05) is 0 Å². The van der Waals surface area contributed by atoms with Crippen LogP contribution in [0.3, 0.4) is 0 Å². The summed E-state index contributed by atoms with van der Waals surface area (Å²) in [6.07, 6.45) is -0.460. The van der Waals surface area contributed by atoms with Gasteiger partial charge in [-0.2, -0.15) is 0 Å². The van der Waals surface area contributed by atoms with Crippen molar-refractivity contribution in [2.24, 2.45) is 0 Å². The van der Waals surface area contributed by atoms with Gasteiger partial charge in [0.2, 0.25) is 0 Å². The molecule has 4 atom stereocenters. The zero-order valence-electron chi connectivity index (χ0n) is 18.7. The van der Waals surface area contributed by atoms with Crippen molar-refractivity contribution in [3.05, 3.63) is 67.0 Å². The summed E-state index contributed by atoms with van der Waals surface area (Å²) in [4.78, 5) is 55.9. The Morgan fingerprint density at radius 2 is 1.81 bits per heavy atom. The van der Waals surface area contributed by atoms with Crippen LogP contribution in [0, 0.1) is 20.2 Å².